The van der Waals surface area contributed by atoms with E-state index in [-0.39, 0.29) is 12.5 Å². The number of amides is 1. The third-order valence-electron chi connectivity index (χ3n) is 4.80. The average molecular weight is 391 g/mol. The summed E-state index contributed by atoms with van der Waals surface area (Å²) in [5.74, 6) is 0.971. The van der Waals surface area contributed by atoms with Crippen LogP contribution in [0.4, 0.5) is 0 Å². The van der Waals surface area contributed by atoms with Crippen molar-refractivity contribution >= 4 is 28.1 Å². The number of thiophene rings is 1. The zero-order valence-electron chi connectivity index (χ0n) is 15.0. The number of hydrogen-bond acceptors (Lipinski definition) is 6. The van der Waals surface area contributed by atoms with Crippen LogP contribution in [0.5, 0.6) is 5.75 Å². The number of carbonyl (C=O) groups is 1. The fourth-order valence-corrected chi connectivity index (χ4v) is 4.24. The van der Waals surface area contributed by atoms with Gasteiger partial charge >= 0.3 is 0 Å². The van der Waals surface area contributed by atoms with E-state index in [1.165, 1.54) is 16.7 Å². The molecule has 7 heteroatoms. The van der Waals surface area contributed by atoms with E-state index in [4.69, 9.17) is 9.15 Å². The molecule has 1 aromatic carbocycles. The molecule has 0 aliphatic carbocycles. The number of rotatable bonds is 4. The van der Waals surface area contributed by atoms with Gasteiger partial charge in [0.2, 0.25) is 5.89 Å². The Labute approximate surface area is 165 Å². The molecule has 0 saturated heterocycles. The fraction of sp³-hybridized carbons (Fsp3) is 0.190. The number of benzene rings is 1. The van der Waals surface area contributed by atoms with E-state index < -0.39 is 0 Å². The molecule has 4 aromatic rings. The summed E-state index contributed by atoms with van der Waals surface area (Å²) in [4.78, 5) is 24.5. The van der Waals surface area contributed by atoms with E-state index in [2.05, 4.69) is 21.4 Å². The Morgan fingerprint density at radius 1 is 1.29 bits per heavy atom. The van der Waals surface area contributed by atoms with Crippen molar-refractivity contribution in [1.29, 1.82) is 0 Å². The molecule has 0 unspecified atom stereocenters. The van der Waals surface area contributed by atoms with Crippen molar-refractivity contribution in [3.05, 3.63) is 76.3 Å². The van der Waals surface area contributed by atoms with Gasteiger partial charge in [0.15, 0.2) is 12.3 Å². The number of hydrogen-bond donors (Lipinski definition) is 0. The van der Waals surface area contributed by atoms with Crippen LogP contribution in [-0.2, 0) is 19.6 Å². The number of fused-ring (bicyclic) bond motifs is 2. The van der Waals surface area contributed by atoms with Crippen molar-refractivity contribution < 1.29 is 13.9 Å². The Balaban J connectivity index is 1.25. The molecule has 0 spiro atoms. The first-order valence-corrected chi connectivity index (χ1v) is 9.91. The third kappa shape index (κ3) is 3.25. The number of carbonyl (C=O) groups excluding carboxylic acids is 1. The highest BCUT2D eigenvalue weighted by Gasteiger charge is 2.24. The maximum absolute atomic E-state index is 12.7. The van der Waals surface area contributed by atoms with Crippen molar-refractivity contribution in [2.75, 3.05) is 6.54 Å². The molecule has 0 saturated carbocycles. The Bertz CT molecular complexity index is 1150. The summed E-state index contributed by atoms with van der Waals surface area (Å²) in [5.41, 5.74) is 2.46. The lowest BCUT2D eigenvalue weighted by atomic mass is 10.1. The van der Waals surface area contributed by atoms with Crippen LogP contribution in [0.15, 0.2) is 58.7 Å². The zero-order valence-corrected chi connectivity index (χ0v) is 15.8. The molecule has 0 atom stereocenters. The molecular formula is C21H17N3O3S. The van der Waals surface area contributed by atoms with Gasteiger partial charge in [-0.25, -0.2) is 4.98 Å². The zero-order chi connectivity index (χ0) is 18.9. The standard InChI is InChI=1S/C21H17N3O3S/c25-21(24-8-5-19-15(11-24)6-9-28-19)18-12-27-20(23-18)13-26-16-3-4-17-14(10-16)2-1-7-22-17/h1-4,6-7,9-10,12H,5,8,11,13H2. The first-order chi connectivity index (χ1) is 13.8. The molecule has 0 bridgehead atoms. The maximum Gasteiger partial charge on any atom is 0.276 e. The molecular weight excluding hydrogens is 374 g/mol. The molecule has 1 amide bonds. The van der Waals surface area contributed by atoms with E-state index in [1.54, 1.807) is 17.5 Å². The number of aromatic nitrogens is 2. The smallest absolute Gasteiger partial charge is 0.276 e. The van der Waals surface area contributed by atoms with Gasteiger partial charge in [-0.05, 0) is 47.7 Å². The van der Waals surface area contributed by atoms with Gasteiger partial charge in [0.1, 0.15) is 12.0 Å². The Hall–Kier alpha value is -3.19. The lowest BCUT2D eigenvalue weighted by Gasteiger charge is -2.26. The number of oxazole rings is 1. The quantitative estimate of drug-likeness (QED) is 0.525. The van der Waals surface area contributed by atoms with Crippen LogP contribution in [0.1, 0.15) is 26.8 Å². The van der Waals surface area contributed by atoms with Gasteiger partial charge in [-0.2, -0.15) is 0 Å². The molecule has 4 heterocycles. The Morgan fingerprint density at radius 3 is 3.21 bits per heavy atom. The van der Waals surface area contributed by atoms with Crippen molar-refractivity contribution in [3.8, 4) is 5.75 Å². The number of pyridine rings is 1. The van der Waals surface area contributed by atoms with E-state index in [9.17, 15) is 4.79 Å². The van der Waals surface area contributed by atoms with Gasteiger partial charge in [0, 0.05) is 29.5 Å². The predicted molar refractivity (Wildman–Crippen MR) is 105 cm³/mol. The van der Waals surface area contributed by atoms with Crippen LogP contribution in [0, 0.1) is 0 Å². The lowest BCUT2D eigenvalue weighted by molar-refractivity contribution is 0.0729. The minimum absolute atomic E-state index is 0.108. The molecule has 1 aliphatic rings. The molecule has 28 heavy (non-hydrogen) atoms. The van der Waals surface area contributed by atoms with Crippen LogP contribution in [0.2, 0.25) is 0 Å². The second-order valence-corrected chi connectivity index (χ2v) is 7.62. The molecule has 0 radical (unpaired) electrons. The Kier molecular flexibility index (Phi) is 4.29. The minimum atomic E-state index is -0.108. The van der Waals surface area contributed by atoms with Crippen LogP contribution in [0.3, 0.4) is 0 Å². The van der Waals surface area contributed by atoms with Gasteiger partial charge in [0.25, 0.3) is 5.91 Å². The highest BCUT2D eigenvalue weighted by molar-refractivity contribution is 7.10. The van der Waals surface area contributed by atoms with Gasteiger partial charge in [-0.3, -0.25) is 9.78 Å². The van der Waals surface area contributed by atoms with Crippen molar-refractivity contribution in [3.63, 3.8) is 0 Å². The second-order valence-electron chi connectivity index (χ2n) is 6.62. The summed E-state index contributed by atoms with van der Waals surface area (Å²) in [6.07, 6.45) is 4.06. The number of ether oxygens (including phenoxy) is 1. The van der Waals surface area contributed by atoms with Gasteiger partial charge in [-0.1, -0.05) is 6.07 Å². The number of nitrogens with zero attached hydrogens (tertiary/aromatic N) is 3. The van der Waals surface area contributed by atoms with E-state index in [0.717, 1.165) is 17.3 Å². The SMILES string of the molecule is O=C(c1coc(COc2ccc3ncccc3c2)n1)N1CCc2sccc2C1. The second kappa shape index (κ2) is 7.09. The summed E-state index contributed by atoms with van der Waals surface area (Å²) in [6.45, 7) is 1.49. The monoisotopic (exact) mass is 391 g/mol. The lowest BCUT2D eigenvalue weighted by Crippen LogP contribution is -2.35. The first-order valence-electron chi connectivity index (χ1n) is 9.03. The summed E-state index contributed by atoms with van der Waals surface area (Å²) < 4.78 is 11.2. The van der Waals surface area contributed by atoms with Crippen LogP contribution < -0.4 is 4.74 Å². The molecule has 1 aliphatic heterocycles. The summed E-state index contributed by atoms with van der Waals surface area (Å²) in [7, 11) is 0. The van der Waals surface area contributed by atoms with Crippen LogP contribution >= 0.6 is 11.3 Å². The summed E-state index contributed by atoms with van der Waals surface area (Å²) >= 11 is 1.75. The van der Waals surface area contributed by atoms with Crippen LogP contribution in [-0.4, -0.2) is 27.3 Å². The van der Waals surface area contributed by atoms with Gasteiger partial charge in [-0.15, -0.1) is 11.3 Å². The van der Waals surface area contributed by atoms with Crippen molar-refractivity contribution in [1.82, 2.24) is 14.9 Å². The minimum Gasteiger partial charge on any atom is -0.484 e. The largest absolute Gasteiger partial charge is 0.484 e. The molecule has 0 N–H and O–H groups in total. The van der Waals surface area contributed by atoms with E-state index in [0.29, 0.717) is 30.4 Å². The fourth-order valence-electron chi connectivity index (χ4n) is 3.35. The maximum atomic E-state index is 12.7. The summed E-state index contributed by atoms with van der Waals surface area (Å²) in [5, 5.41) is 3.08. The third-order valence-corrected chi connectivity index (χ3v) is 5.83. The average Bonchev–Trinajstić information content (AvgIpc) is 3.40. The Morgan fingerprint density at radius 2 is 2.25 bits per heavy atom. The predicted octanol–water partition coefficient (Wildman–Crippen LogP) is 4.06. The van der Waals surface area contributed by atoms with Gasteiger partial charge < -0.3 is 14.1 Å². The first kappa shape index (κ1) is 16.9. The normalized spacial score (nSPS) is 13.5. The van der Waals surface area contributed by atoms with E-state index >= 15 is 0 Å². The molecule has 6 nitrogen and oxygen atoms in total. The molecule has 3 aromatic heterocycles. The topological polar surface area (TPSA) is 68.5 Å². The molecule has 0 fully saturated rings. The van der Waals surface area contributed by atoms with E-state index in [1.807, 2.05) is 35.2 Å². The van der Waals surface area contributed by atoms with Gasteiger partial charge in [0.05, 0.1) is 5.52 Å². The summed E-state index contributed by atoms with van der Waals surface area (Å²) in [6, 6.07) is 11.6. The highest BCUT2D eigenvalue weighted by atomic mass is 32.1. The molecule has 140 valence electrons. The molecule has 5 rings (SSSR count). The van der Waals surface area contributed by atoms with Crippen molar-refractivity contribution in [2.24, 2.45) is 0 Å². The van der Waals surface area contributed by atoms with Crippen molar-refractivity contribution in [2.45, 2.75) is 19.6 Å². The highest BCUT2D eigenvalue weighted by Crippen LogP contribution is 2.25. The van der Waals surface area contributed by atoms with Crippen LogP contribution in [0.25, 0.3) is 10.9 Å².